The van der Waals surface area contributed by atoms with Crippen LogP contribution >= 0.6 is 0 Å². The molecular weight excluding hydrogens is 580 g/mol. The van der Waals surface area contributed by atoms with E-state index >= 15 is 0 Å². The van der Waals surface area contributed by atoms with Crippen LogP contribution in [0, 0.1) is 52.3 Å². The van der Waals surface area contributed by atoms with Crippen LogP contribution in [0.4, 0.5) is 0 Å². The average Bonchev–Trinajstić information content (AvgIpc) is 3.69. The molecule has 2 heterocycles. The third-order valence-corrected chi connectivity index (χ3v) is 18.3. The molecule has 2 saturated heterocycles. The lowest BCUT2D eigenvalue weighted by Crippen LogP contribution is -2.63. The van der Waals surface area contributed by atoms with E-state index in [2.05, 4.69) is 43.1 Å². The summed E-state index contributed by atoms with van der Waals surface area (Å²) in [4.78, 5) is 14.0. The lowest BCUT2D eigenvalue weighted by atomic mass is 9.38. The number of allylic oxidation sites excluding steroid dienone is 4. The van der Waals surface area contributed by atoms with Crippen molar-refractivity contribution in [2.24, 2.45) is 52.3 Å². The molecule has 6 fully saturated rings. The zero-order valence-electron chi connectivity index (χ0n) is 28.1. The number of sulfone groups is 1. The fourth-order valence-corrected chi connectivity index (χ4v) is 16.1. The van der Waals surface area contributed by atoms with Gasteiger partial charge in [0.1, 0.15) is 0 Å². The third-order valence-electron chi connectivity index (χ3n) is 16.1. The average molecular weight is 639 g/mol. The summed E-state index contributed by atoms with van der Waals surface area (Å²) in [5.41, 5.74) is 4.12. The van der Waals surface area contributed by atoms with E-state index in [1.807, 2.05) is 0 Å². The van der Waals surface area contributed by atoms with Crippen LogP contribution in [0.5, 0.6) is 0 Å². The lowest BCUT2D eigenvalue weighted by Gasteiger charge is -2.67. The van der Waals surface area contributed by atoms with E-state index in [4.69, 9.17) is 0 Å². The van der Waals surface area contributed by atoms with Crippen molar-refractivity contribution >= 4 is 15.8 Å². The van der Waals surface area contributed by atoms with Crippen LogP contribution in [0.2, 0.25) is 0 Å². The molecule has 12 atom stereocenters. The van der Waals surface area contributed by atoms with Gasteiger partial charge in [0.15, 0.2) is 9.84 Å². The minimum atomic E-state index is -2.82. The number of aliphatic carboxylic acids is 1. The van der Waals surface area contributed by atoms with Crippen LogP contribution in [0.1, 0.15) is 111 Å². The molecule has 0 aromatic heterocycles. The summed E-state index contributed by atoms with van der Waals surface area (Å²) in [6.45, 7) is 10.7. The summed E-state index contributed by atoms with van der Waals surface area (Å²) >= 11 is 0. The molecular formula is C38H58N2O4S. The smallest absolute Gasteiger partial charge is 0.306 e. The van der Waals surface area contributed by atoms with Crippen molar-refractivity contribution in [1.82, 2.24) is 10.2 Å². The molecule has 2 aliphatic heterocycles. The molecule has 0 spiro atoms. The SMILES string of the molecule is CC1C(C2=CCC(C(=O)O)CC2)=CCC2(C)C1CCC1(C)C3CCC4(NCCN5C[C@@H]6CC5CS6(=O)=O)CCC[C@@H]4C3CCC21. The zero-order valence-corrected chi connectivity index (χ0v) is 28.9. The number of likely N-dealkylation sites (tertiary alicyclic amines) is 1. The molecule has 250 valence electrons. The van der Waals surface area contributed by atoms with Gasteiger partial charge in [0.25, 0.3) is 0 Å². The van der Waals surface area contributed by atoms with Crippen molar-refractivity contribution in [3.63, 3.8) is 0 Å². The molecule has 7 heteroatoms. The number of nitrogens with one attached hydrogen (secondary N) is 1. The quantitative estimate of drug-likeness (QED) is 0.340. The lowest BCUT2D eigenvalue weighted by molar-refractivity contribution is -0.166. The maximum absolute atomic E-state index is 12.3. The molecule has 2 bridgehead atoms. The van der Waals surface area contributed by atoms with E-state index in [1.54, 1.807) is 5.57 Å². The van der Waals surface area contributed by atoms with Crippen molar-refractivity contribution in [2.75, 3.05) is 25.4 Å². The number of carboxylic acids is 1. The van der Waals surface area contributed by atoms with Gasteiger partial charge in [0.2, 0.25) is 0 Å². The predicted octanol–water partition coefficient (Wildman–Crippen LogP) is 6.62. The molecule has 45 heavy (non-hydrogen) atoms. The molecule has 8 aliphatic rings. The largest absolute Gasteiger partial charge is 0.481 e. The maximum atomic E-state index is 12.3. The fraction of sp³-hybridized carbons (Fsp3) is 0.868. The molecule has 0 radical (unpaired) electrons. The number of fused-ring (bicyclic) bond motifs is 9. The van der Waals surface area contributed by atoms with Crippen molar-refractivity contribution in [1.29, 1.82) is 0 Å². The molecule has 10 unspecified atom stereocenters. The van der Waals surface area contributed by atoms with Gasteiger partial charge in [-0.25, -0.2) is 8.42 Å². The number of carbonyl (C=O) groups is 1. The highest BCUT2D eigenvalue weighted by Gasteiger charge is 2.64. The third kappa shape index (κ3) is 4.73. The highest BCUT2D eigenvalue weighted by Crippen LogP contribution is 2.70. The van der Waals surface area contributed by atoms with Crippen molar-refractivity contribution in [3.8, 4) is 0 Å². The van der Waals surface area contributed by atoms with E-state index < -0.39 is 15.8 Å². The second kappa shape index (κ2) is 10.9. The van der Waals surface area contributed by atoms with Gasteiger partial charge in [-0.15, -0.1) is 0 Å². The van der Waals surface area contributed by atoms with E-state index in [0.717, 1.165) is 68.5 Å². The molecule has 8 rings (SSSR count). The predicted molar refractivity (Wildman–Crippen MR) is 178 cm³/mol. The fourth-order valence-electron chi connectivity index (χ4n) is 14.0. The van der Waals surface area contributed by atoms with Crippen LogP contribution in [0.3, 0.4) is 0 Å². The summed E-state index contributed by atoms with van der Waals surface area (Å²) in [7, 11) is -2.82. The second-order valence-electron chi connectivity index (χ2n) is 17.7. The normalized spacial score (nSPS) is 50.2. The van der Waals surface area contributed by atoms with Gasteiger partial charge in [-0.2, -0.15) is 0 Å². The van der Waals surface area contributed by atoms with E-state index in [0.29, 0.717) is 34.5 Å². The monoisotopic (exact) mass is 638 g/mol. The van der Waals surface area contributed by atoms with Crippen LogP contribution < -0.4 is 5.32 Å². The summed E-state index contributed by atoms with van der Waals surface area (Å²) < 4.78 is 24.5. The Kier molecular flexibility index (Phi) is 7.55. The van der Waals surface area contributed by atoms with Gasteiger partial charge in [0, 0.05) is 31.2 Å². The Balaban J connectivity index is 0.955. The molecule has 6 nitrogen and oxygen atoms in total. The van der Waals surface area contributed by atoms with Crippen LogP contribution in [-0.4, -0.2) is 66.6 Å². The molecule has 6 aliphatic carbocycles. The molecule has 2 N–H and O–H groups in total. The van der Waals surface area contributed by atoms with Crippen molar-refractivity contribution in [3.05, 3.63) is 23.3 Å². The number of hydrogen-bond donors (Lipinski definition) is 2. The standard InChI is InChI=1S/C38H58N2O4S/c1-24-29(25-6-8-26(9-7-25)35(41)42)12-16-36(2)31(24)13-17-37(3)32-14-18-38(15-4-5-33(38)30(32)10-11-34(36)37)39-19-20-40-22-28-21-27(40)23-45(28,43)44/h6,12,24,26-28,30-34,39H,4-5,7-11,13-23H2,1-3H3,(H,41,42)/t24?,26?,27?,28-,30?,31?,32?,33+,34?,36?,37?,38?/m0/s1. The van der Waals surface area contributed by atoms with Crippen molar-refractivity contribution < 1.29 is 18.3 Å². The summed E-state index contributed by atoms with van der Waals surface area (Å²) in [6, 6.07) is 0.262. The number of carboxylic acid groups (broad SMARTS) is 1. The first-order chi connectivity index (χ1) is 21.5. The first-order valence-electron chi connectivity index (χ1n) is 18.8. The zero-order chi connectivity index (χ0) is 31.4. The van der Waals surface area contributed by atoms with Crippen LogP contribution in [-0.2, 0) is 14.6 Å². The Morgan fingerprint density at radius 2 is 1.82 bits per heavy atom. The van der Waals surface area contributed by atoms with E-state index in [-0.39, 0.29) is 17.2 Å². The number of rotatable bonds is 6. The van der Waals surface area contributed by atoms with Gasteiger partial charge in [-0.1, -0.05) is 39.3 Å². The Morgan fingerprint density at radius 3 is 2.53 bits per heavy atom. The Bertz CT molecular complexity index is 1390. The Labute approximate surface area is 272 Å². The first kappa shape index (κ1) is 31.1. The van der Waals surface area contributed by atoms with Gasteiger partial charge < -0.3 is 10.4 Å². The maximum Gasteiger partial charge on any atom is 0.306 e. The van der Waals surface area contributed by atoms with Gasteiger partial charge >= 0.3 is 5.97 Å². The van der Waals surface area contributed by atoms with Gasteiger partial charge in [-0.3, -0.25) is 9.69 Å². The summed E-state index contributed by atoms with van der Waals surface area (Å²) in [5, 5.41) is 13.6. The van der Waals surface area contributed by atoms with E-state index in [9.17, 15) is 18.3 Å². The van der Waals surface area contributed by atoms with Gasteiger partial charge in [-0.05, 0) is 141 Å². The summed E-state index contributed by atoms with van der Waals surface area (Å²) in [6.07, 6.45) is 21.7. The second-order valence-corrected chi connectivity index (χ2v) is 20.0. The highest BCUT2D eigenvalue weighted by molar-refractivity contribution is 7.92. The first-order valence-corrected chi connectivity index (χ1v) is 20.5. The number of nitrogens with zero attached hydrogens (tertiary/aromatic N) is 1. The van der Waals surface area contributed by atoms with Crippen LogP contribution in [0.15, 0.2) is 23.3 Å². The molecule has 0 aromatic carbocycles. The highest BCUT2D eigenvalue weighted by atomic mass is 32.2. The Hall–Kier alpha value is -1.18. The Morgan fingerprint density at radius 1 is 1.00 bits per heavy atom. The van der Waals surface area contributed by atoms with E-state index in [1.165, 1.54) is 69.8 Å². The summed E-state index contributed by atoms with van der Waals surface area (Å²) in [5.74, 6) is 4.16. The minimum absolute atomic E-state index is 0.103. The minimum Gasteiger partial charge on any atom is -0.481 e. The topological polar surface area (TPSA) is 86.7 Å². The van der Waals surface area contributed by atoms with Gasteiger partial charge in [0.05, 0.1) is 16.9 Å². The van der Waals surface area contributed by atoms with Crippen LogP contribution in [0.25, 0.3) is 0 Å². The molecule has 0 aromatic rings. The van der Waals surface area contributed by atoms with Crippen molar-refractivity contribution in [2.45, 2.75) is 127 Å². The molecule has 4 saturated carbocycles. The number of hydrogen-bond acceptors (Lipinski definition) is 5. The molecule has 0 amide bonds.